The van der Waals surface area contributed by atoms with Gasteiger partial charge in [0.05, 0.1) is 0 Å². The lowest BCUT2D eigenvalue weighted by Gasteiger charge is -2.16. The van der Waals surface area contributed by atoms with Crippen molar-refractivity contribution in [1.82, 2.24) is 15.3 Å². The highest BCUT2D eigenvalue weighted by atomic mass is 16.5. The molecule has 3 rings (SSSR count). The van der Waals surface area contributed by atoms with Gasteiger partial charge in [-0.15, -0.1) is 0 Å². The molecule has 2 heterocycles. The van der Waals surface area contributed by atoms with Gasteiger partial charge in [0.15, 0.2) is 0 Å². The molecule has 21 heavy (non-hydrogen) atoms. The highest BCUT2D eigenvalue weighted by Gasteiger charge is 2.13. The molecule has 1 unspecified atom stereocenters. The SMILES string of the molecule is c1ccc(Oc2ccnc(NC3CCCNCC3)n2)cc1. The Morgan fingerprint density at radius 3 is 2.90 bits per heavy atom. The van der Waals surface area contributed by atoms with Crippen molar-refractivity contribution in [2.45, 2.75) is 25.3 Å². The second-order valence-corrected chi connectivity index (χ2v) is 5.16. The number of anilines is 1. The van der Waals surface area contributed by atoms with E-state index in [4.69, 9.17) is 4.74 Å². The van der Waals surface area contributed by atoms with Crippen LogP contribution < -0.4 is 15.4 Å². The first-order valence-corrected chi connectivity index (χ1v) is 7.43. The Morgan fingerprint density at radius 1 is 1.10 bits per heavy atom. The van der Waals surface area contributed by atoms with Crippen LogP contribution in [0.25, 0.3) is 0 Å². The Hall–Kier alpha value is -2.14. The maximum absolute atomic E-state index is 5.73. The zero-order valence-corrected chi connectivity index (χ0v) is 12.0. The van der Waals surface area contributed by atoms with Crippen LogP contribution in [0.15, 0.2) is 42.6 Å². The van der Waals surface area contributed by atoms with Crippen molar-refractivity contribution in [1.29, 1.82) is 0 Å². The number of hydrogen-bond acceptors (Lipinski definition) is 5. The monoisotopic (exact) mass is 284 g/mol. The van der Waals surface area contributed by atoms with Gasteiger partial charge in [-0.05, 0) is 44.5 Å². The number of nitrogens with zero attached hydrogens (tertiary/aromatic N) is 2. The summed E-state index contributed by atoms with van der Waals surface area (Å²) in [6, 6.07) is 11.8. The molecule has 0 radical (unpaired) electrons. The normalized spacial score (nSPS) is 18.8. The molecule has 1 atom stereocenters. The Morgan fingerprint density at radius 2 is 2.00 bits per heavy atom. The third kappa shape index (κ3) is 4.16. The van der Waals surface area contributed by atoms with Crippen molar-refractivity contribution < 1.29 is 4.74 Å². The topological polar surface area (TPSA) is 59.1 Å². The van der Waals surface area contributed by atoms with Crippen LogP contribution in [-0.4, -0.2) is 29.1 Å². The van der Waals surface area contributed by atoms with E-state index in [2.05, 4.69) is 20.6 Å². The van der Waals surface area contributed by atoms with Crippen molar-refractivity contribution >= 4 is 5.95 Å². The summed E-state index contributed by atoms with van der Waals surface area (Å²) >= 11 is 0. The molecule has 0 spiro atoms. The van der Waals surface area contributed by atoms with Crippen LogP contribution in [0.5, 0.6) is 11.6 Å². The lowest BCUT2D eigenvalue weighted by molar-refractivity contribution is 0.461. The first-order chi connectivity index (χ1) is 10.4. The van der Waals surface area contributed by atoms with E-state index in [0.717, 1.165) is 31.7 Å². The minimum Gasteiger partial charge on any atom is -0.439 e. The zero-order chi connectivity index (χ0) is 14.3. The Kier molecular flexibility index (Phi) is 4.63. The van der Waals surface area contributed by atoms with Crippen LogP contribution in [0.3, 0.4) is 0 Å². The average Bonchev–Trinajstić information content (AvgIpc) is 2.77. The molecular weight excluding hydrogens is 264 g/mol. The van der Waals surface area contributed by atoms with E-state index >= 15 is 0 Å². The summed E-state index contributed by atoms with van der Waals surface area (Å²) in [6.45, 7) is 2.13. The number of benzene rings is 1. The van der Waals surface area contributed by atoms with Crippen LogP contribution in [0.1, 0.15) is 19.3 Å². The van der Waals surface area contributed by atoms with Gasteiger partial charge in [0.2, 0.25) is 11.8 Å². The highest BCUT2D eigenvalue weighted by molar-refractivity contribution is 5.32. The molecular formula is C16H20N4O. The maximum atomic E-state index is 5.73. The number of para-hydroxylation sites is 1. The third-order valence-corrected chi connectivity index (χ3v) is 3.50. The standard InChI is InChI=1S/C16H20N4O/c1-2-6-14(7-3-1)21-15-9-12-18-16(20-15)19-13-5-4-10-17-11-8-13/h1-3,6-7,9,12-13,17H,4-5,8,10-11H2,(H,18,19,20). The van der Waals surface area contributed by atoms with Crippen LogP contribution in [0.2, 0.25) is 0 Å². The first kappa shape index (κ1) is 13.8. The van der Waals surface area contributed by atoms with E-state index in [1.54, 1.807) is 12.3 Å². The quantitative estimate of drug-likeness (QED) is 0.904. The number of rotatable bonds is 4. The van der Waals surface area contributed by atoms with E-state index in [9.17, 15) is 0 Å². The van der Waals surface area contributed by atoms with Gasteiger partial charge in [-0.1, -0.05) is 18.2 Å². The van der Waals surface area contributed by atoms with Gasteiger partial charge in [0.25, 0.3) is 0 Å². The fraction of sp³-hybridized carbons (Fsp3) is 0.375. The van der Waals surface area contributed by atoms with Crippen LogP contribution >= 0.6 is 0 Å². The van der Waals surface area contributed by atoms with Crippen LogP contribution in [-0.2, 0) is 0 Å². The van der Waals surface area contributed by atoms with Crippen molar-refractivity contribution in [2.24, 2.45) is 0 Å². The average molecular weight is 284 g/mol. The predicted molar refractivity (Wildman–Crippen MR) is 82.7 cm³/mol. The molecule has 5 heteroatoms. The molecule has 1 aliphatic heterocycles. The highest BCUT2D eigenvalue weighted by Crippen LogP contribution is 2.19. The lowest BCUT2D eigenvalue weighted by Crippen LogP contribution is -2.22. The van der Waals surface area contributed by atoms with E-state index < -0.39 is 0 Å². The molecule has 1 fully saturated rings. The van der Waals surface area contributed by atoms with E-state index in [0.29, 0.717) is 17.9 Å². The Bertz CT molecular complexity index is 553. The molecule has 2 N–H and O–H groups in total. The van der Waals surface area contributed by atoms with Crippen molar-refractivity contribution in [3.05, 3.63) is 42.6 Å². The minimum atomic E-state index is 0.423. The molecule has 0 bridgehead atoms. The van der Waals surface area contributed by atoms with Crippen LogP contribution in [0, 0.1) is 0 Å². The summed E-state index contributed by atoms with van der Waals surface area (Å²) < 4.78 is 5.73. The fourth-order valence-corrected chi connectivity index (χ4v) is 2.42. The lowest BCUT2D eigenvalue weighted by atomic mass is 10.1. The Labute approximate surface area is 124 Å². The number of ether oxygens (including phenoxy) is 1. The van der Waals surface area contributed by atoms with Crippen molar-refractivity contribution in [3.63, 3.8) is 0 Å². The van der Waals surface area contributed by atoms with Crippen molar-refractivity contribution in [2.75, 3.05) is 18.4 Å². The van der Waals surface area contributed by atoms with E-state index in [1.165, 1.54) is 6.42 Å². The maximum Gasteiger partial charge on any atom is 0.226 e. The Balaban J connectivity index is 1.65. The molecule has 110 valence electrons. The summed E-state index contributed by atoms with van der Waals surface area (Å²) in [7, 11) is 0. The van der Waals surface area contributed by atoms with Gasteiger partial charge >= 0.3 is 0 Å². The van der Waals surface area contributed by atoms with Crippen LogP contribution in [0.4, 0.5) is 5.95 Å². The number of nitrogens with one attached hydrogen (secondary N) is 2. The summed E-state index contributed by atoms with van der Waals surface area (Å²) in [5.41, 5.74) is 0. The summed E-state index contributed by atoms with van der Waals surface area (Å²) in [5.74, 6) is 1.97. The minimum absolute atomic E-state index is 0.423. The smallest absolute Gasteiger partial charge is 0.226 e. The number of hydrogen-bond donors (Lipinski definition) is 2. The first-order valence-electron chi connectivity index (χ1n) is 7.43. The van der Waals surface area contributed by atoms with E-state index in [-0.39, 0.29) is 0 Å². The second kappa shape index (κ2) is 7.04. The second-order valence-electron chi connectivity index (χ2n) is 5.16. The predicted octanol–water partition coefficient (Wildman–Crippen LogP) is 2.82. The van der Waals surface area contributed by atoms with Gasteiger partial charge in [0.1, 0.15) is 5.75 Å². The molecule has 5 nitrogen and oxygen atoms in total. The zero-order valence-electron chi connectivity index (χ0n) is 12.0. The van der Waals surface area contributed by atoms with Crippen molar-refractivity contribution in [3.8, 4) is 11.6 Å². The molecule has 2 aromatic rings. The van der Waals surface area contributed by atoms with E-state index in [1.807, 2.05) is 30.3 Å². The molecule has 0 amide bonds. The molecule has 1 aromatic heterocycles. The largest absolute Gasteiger partial charge is 0.439 e. The van der Waals surface area contributed by atoms with Gasteiger partial charge in [-0.25, -0.2) is 4.98 Å². The molecule has 0 aliphatic carbocycles. The molecule has 1 aromatic carbocycles. The molecule has 1 aliphatic rings. The summed E-state index contributed by atoms with van der Waals surface area (Å²) in [5, 5.41) is 6.81. The molecule has 1 saturated heterocycles. The van der Waals surface area contributed by atoms with Gasteiger partial charge in [0, 0.05) is 18.3 Å². The molecule has 0 saturated carbocycles. The van der Waals surface area contributed by atoms with Gasteiger partial charge < -0.3 is 15.4 Å². The summed E-state index contributed by atoms with van der Waals surface area (Å²) in [4.78, 5) is 8.71. The summed E-state index contributed by atoms with van der Waals surface area (Å²) in [6.07, 6.45) is 5.13. The number of aromatic nitrogens is 2. The van der Waals surface area contributed by atoms with Gasteiger partial charge in [-0.2, -0.15) is 4.98 Å². The third-order valence-electron chi connectivity index (χ3n) is 3.50. The fourth-order valence-electron chi connectivity index (χ4n) is 2.42. The van der Waals surface area contributed by atoms with Gasteiger partial charge in [-0.3, -0.25) is 0 Å².